The summed E-state index contributed by atoms with van der Waals surface area (Å²) in [7, 11) is -9.89. The van der Waals surface area contributed by atoms with E-state index in [1.165, 1.54) is 148 Å². The predicted molar refractivity (Wildman–Crippen MR) is 340 cm³/mol. The van der Waals surface area contributed by atoms with Gasteiger partial charge in [0, 0.05) is 25.7 Å². The molecule has 0 radical (unpaired) electrons. The van der Waals surface area contributed by atoms with Gasteiger partial charge >= 0.3 is 39.5 Å². The van der Waals surface area contributed by atoms with E-state index in [1.54, 1.807) is 0 Å². The number of esters is 4. The van der Waals surface area contributed by atoms with Crippen LogP contribution in [0, 0.1) is 5.92 Å². The third kappa shape index (κ3) is 59.5. The first kappa shape index (κ1) is 83.1. The number of carbonyl (C=O) groups is 4. The molecule has 85 heavy (non-hydrogen) atoms. The fourth-order valence-corrected chi connectivity index (χ4v) is 11.5. The van der Waals surface area contributed by atoms with Gasteiger partial charge in [-0.05, 0) is 31.6 Å². The summed E-state index contributed by atoms with van der Waals surface area (Å²) >= 11 is 0. The van der Waals surface area contributed by atoms with Crippen molar-refractivity contribution in [3.05, 3.63) is 0 Å². The van der Waals surface area contributed by atoms with Crippen LogP contribution in [0.15, 0.2) is 0 Å². The highest BCUT2D eigenvalue weighted by atomic mass is 31.2. The summed E-state index contributed by atoms with van der Waals surface area (Å²) < 4.78 is 68.0. The molecule has 6 atom stereocenters. The topological polar surface area (TPSA) is 237 Å². The number of phosphoric ester groups is 2. The first-order valence-electron chi connectivity index (χ1n) is 34.7. The largest absolute Gasteiger partial charge is 0.472 e. The number of hydrogen-bond donors (Lipinski definition) is 3. The van der Waals surface area contributed by atoms with E-state index in [1.807, 2.05) is 0 Å². The number of ether oxygens (including phenoxy) is 4. The molecule has 0 rings (SSSR count). The zero-order chi connectivity index (χ0) is 62.8. The van der Waals surface area contributed by atoms with Crippen LogP contribution in [0.4, 0.5) is 0 Å². The molecule has 0 aromatic rings. The Kier molecular flexibility index (Phi) is 58.3. The minimum absolute atomic E-state index is 0.103. The van der Waals surface area contributed by atoms with E-state index in [0.717, 1.165) is 109 Å². The number of phosphoric acid groups is 2. The summed E-state index contributed by atoms with van der Waals surface area (Å²) in [6, 6.07) is 0. The molecule has 19 heteroatoms. The second-order valence-corrected chi connectivity index (χ2v) is 27.0. The van der Waals surface area contributed by atoms with Crippen molar-refractivity contribution in [2.24, 2.45) is 5.92 Å². The molecule has 0 saturated carbocycles. The fraction of sp³-hybridized carbons (Fsp3) is 0.939. The molecule has 0 aromatic heterocycles. The maximum atomic E-state index is 13.0. The first-order chi connectivity index (χ1) is 41.1. The standard InChI is InChI=1S/C66H128O17P2/c1-6-10-13-16-19-21-23-25-27-29-31-34-40-45-50-64(69)77-56-61(82-65(70)51-46-41-35-32-30-28-26-24-22-20-17-14-11-7-2)57-80-84(72,73)78-53-60(67)54-79-85(74,75)81-58-62(55-76-63(68)49-44-39-33-18-15-12-8-3)83-66(71)52-47-42-37-36-38-43-48-59(5)9-4/h59-62,67H,6-58H2,1-5H3,(H,72,73)(H,74,75)/t59?,60-,61-,62-/m1/s1. The lowest BCUT2D eigenvalue weighted by Crippen LogP contribution is -2.30. The summed E-state index contributed by atoms with van der Waals surface area (Å²) in [5.74, 6) is -1.41. The molecule has 17 nitrogen and oxygen atoms in total. The zero-order valence-electron chi connectivity index (χ0n) is 54.7. The van der Waals surface area contributed by atoms with Gasteiger partial charge in [0.2, 0.25) is 0 Å². The van der Waals surface area contributed by atoms with E-state index < -0.39 is 97.5 Å². The molecule has 0 spiro atoms. The van der Waals surface area contributed by atoms with Crippen LogP contribution in [0.2, 0.25) is 0 Å². The van der Waals surface area contributed by atoms with Crippen LogP contribution in [0.3, 0.4) is 0 Å². The van der Waals surface area contributed by atoms with Crippen molar-refractivity contribution >= 4 is 39.5 Å². The Hall–Kier alpha value is -1.94. The molecule has 0 aromatic carbocycles. The van der Waals surface area contributed by atoms with Crippen LogP contribution in [-0.2, 0) is 65.4 Å². The SMILES string of the molecule is CCCCCCCCCCCCCCCCC(=O)OC[C@H](COP(=O)(O)OC[C@@H](O)COP(=O)(O)OC[C@@H](COC(=O)CCCCCCCCC)OC(=O)CCCCCCCCC(C)CC)OC(=O)CCCCCCCCCCCCCCCC. The van der Waals surface area contributed by atoms with E-state index in [0.29, 0.717) is 25.7 Å². The summed E-state index contributed by atoms with van der Waals surface area (Å²) in [6.45, 7) is 7.13. The van der Waals surface area contributed by atoms with Crippen molar-refractivity contribution in [1.29, 1.82) is 0 Å². The molecule has 0 aliphatic rings. The minimum Gasteiger partial charge on any atom is -0.462 e. The molecule has 0 fully saturated rings. The van der Waals surface area contributed by atoms with Gasteiger partial charge in [-0.2, -0.15) is 0 Å². The van der Waals surface area contributed by atoms with Gasteiger partial charge < -0.3 is 33.8 Å². The highest BCUT2D eigenvalue weighted by Gasteiger charge is 2.30. The average molecular weight is 1260 g/mol. The molecule has 0 heterocycles. The third-order valence-electron chi connectivity index (χ3n) is 15.6. The van der Waals surface area contributed by atoms with Gasteiger partial charge in [0.1, 0.15) is 19.3 Å². The third-order valence-corrected chi connectivity index (χ3v) is 17.5. The van der Waals surface area contributed by atoms with Crippen LogP contribution in [0.1, 0.15) is 336 Å². The summed E-state index contributed by atoms with van der Waals surface area (Å²) in [5.41, 5.74) is 0. The molecule has 3 unspecified atom stereocenters. The van der Waals surface area contributed by atoms with Gasteiger partial charge in [-0.15, -0.1) is 0 Å². The van der Waals surface area contributed by atoms with Crippen LogP contribution in [0.5, 0.6) is 0 Å². The molecule has 0 bridgehead atoms. The van der Waals surface area contributed by atoms with Gasteiger partial charge in [-0.3, -0.25) is 37.3 Å². The van der Waals surface area contributed by atoms with Crippen LogP contribution >= 0.6 is 15.6 Å². The molecule has 0 aliphatic carbocycles. The van der Waals surface area contributed by atoms with Crippen LogP contribution < -0.4 is 0 Å². The van der Waals surface area contributed by atoms with Crippen molar-refractivity contribution in [2.75, 3.05) is 39.6 Å². The molecule has 3 N–H and O–H groups in total. The lowest BCUT2D eigenvalue weighted by molar-refractivity contribution is -0.161. The van der Waals surface area contributed by atoms with Crippen LogP contribution in [0.25, 0.3) is 0 Å². The summed E-state index contributed by atoms with van der Waals surface area (Å²) in [5, 5.41) is 10.5. The van der Waals surface area contributed by atoms with E-state index in [2.05, 4.69) is 34.6 Å². The number of aliphatic hydroxyl groups is 1. The highest BCUT2D eigenvalue weighted by molar-refractivity contribution is 7.47. The van der Waals surface area contributed by atoms with Gasteiger partial charge in [0.15, 0.2) is 12.2 Å². The Bertz CT molecular complexity index is 1650. The lowest BCUT2D eigenvalue weighted by atomic mass is 10.00. The molecule has 0 amide bonds. The predicted octanol–water partition coefficient (Wildman–Crippen LogP) is 18.6. The number of rotatable bonds is 66. The van der Waals surface area contributed by atoms with E-state index in [9.17, 15) is 43.2 Å². The number of unbranched alkanes of at least 4 members (excludes halogenated alkanes) is 37. The second kappa shape index (κ2) is 59.7. The van der Waals surface area contributed by atoms with Gasteiger partial charge in [0.25, 0.3) is 0 Å². The smallest absolute Gasteiger partial charge is 0.462 e. The van der Waals surface area contributed by atoms with E-state index >= 15 is 0 Å². The summed E-state index contributed by atoms with van der Waals surface area (Å²) in [6.07, 6.45) is 44.5. The van der Waals surface area contributed by atoms with E-state index in [4.69, 9.17) is 37.0 Å². The van der Waals surface area contributed by atoms with Crippen molar-refractivity contribution in [3.8, 4) is 0 Å². The normalized spacial score (nSPS) is 14.5. The second-order valence-electron chi connectivity index (χ2n) is 24.1. The van der Waals surface area contributed by atoms with Crippen molar-refractivity contribution in [3.63, 3.8) is 0 Å². The Morgan fingerprint density at radius 1 is 0.329 bits per heavy atom. The summed E-state index contributed by atoms with van der Waals surface area (Å²) in [4.78, 5) is 72.2. The molecule has 0 saturated heterocycles. The van der Waals surface area contributed by atoms with Crippen molar-refractivity contribution in [1.82, 2.24) is 0 Å². The average Bonchev–Trinajstić information content (AvgIpc) is 3.49. The minimum atomic E-state index is -4.95. The first-order valence-corrected chi connectivity index (χ1v) is 37.7. The monoisotopic (exact) mass is 1250 g/mol. The molecular formula is C66H128O17P2. The van der Waals surface area contributed by atoms with Crippen molar-refractivity contribution < 1.29 is 80.2 Å². The number of aliphatic hydroxyl groups excluding tert-OH is 1. The number of carbonyl (C=O) groups excluding carboxylic acids is 4. The van der Waals surface area contributed by atoms with Gasteiger partial charge in [-0.25, -0.2) is 9.13 Å². The quantitative estimate of drug-likeness (QED) is 0.0222. The zero-order valence-corrected chi connectivity index (χ0v) is 56.5. The Labute approximate surface area is 517 Å². The van der Waals surface area contributed by atoms with Gasteiger partial charge in [-0.1, -0.05) is 285 Å². The van der Waals surface area contributed by atoms with Crippen LogP contribution in [-0.4, -0.2) is 96.7 Å². The van der Waals surface area contributed by atoms with Crippen molar-refractivity contribution in [2.45, 2.75) is 355 Å². The Balaban J connectivity index is 5.21. The maximum absolute atomic E-state index is 13.0. The lowest BCUT2D eigenvalue weighted by Gasteiger charge is -2.21. The molecule has 0 aliphatic heterocycles. The van der Waals surface area contributed by atoms with E-state index in [-0.39, 0.29) is 25.7 Å². The maximum Gasteiger partial charge on any atom is 0.472 e. The fourth-order valence-electron chi connectivity index (χ4n) is 9.90. The Morgan fingerprint density at radius 3 is 0.835 bits per heavy atom. The highest BCUT2D eigenvalue weighted by Crippen LogP contribution is 2.45. The Morgan fingerprint density at radius 2 is 0.565 bits per heavy atom. The molecule has 504 valence electrons. The molecular weight excluding hydrogens is 1130 g/mol. The number of hydrogen-bond acceptors (Lipinski definition) is 15. The van der Waals surface area contributed by atoms with Gasteiger partial charge in [0.05, 0.1) is 26.4 Å².